The first-order valence-electron chi connectivity index (χ1n) is 9.09. The number of carboxylic acid groups (broad SMARTS) is 1. The largest absolute Gasteiger partial charge is 0.480 e. The Morgan fingerprint density at radius 2 is 2.28 bits per heavy atom. The molecule has 0 saturated carbocycles. The first-order valence-corrected chi connectivity index (χ1v) is 9.09. The zero-order valence-electron chi connectivity index (χ0n) is 14.6. The van der Waals surface area contributed by atoms with Crippen molar-refractivity contribution in [3.63, 3.8) is 0 Å². The van der Waals surface area contributed by atoms with Crippen molar-refractivity contribution >= 4 is 5.97 Å². The quantitative estimate of drug-likeness (QED) is 0.852. The summed E-state index contributed by atoms with van der Waals surface area (Å²) in [7, 11) is 0. The summed E-state index contributed by atoms with van der Waals surface area (Å²) >= 11 is 0. The molecule has 0 amide bonds. The molecule has 0 aromatic heterocycles. The van der Waals surface area contributed by atoms with Crippen LogP contribution in [0, 0.1) is 5.82 Å². The maximum absolute atomic E-state index is 13.9. The van der Waals surface area contributed by atoms with Crippen LogP contribution in [-0.2, 0) is 14.3 Å². The minimum Gasteiger partial charge on any atom is -0.480 e. The molecule has 2 saturated heterocycles. The number of halogens is 1. The van der Waals surface area contributed by atoms with Crippen LogP contribution in [-0.4, -0.2) is 48.4 Å². The third-order valence-electron chi connectivity index (χ3n) is 5.05. The number of nitrogens with zero attached hydrogens (tertiary/aromatic N) is 1. The van der Waals surface area contributed by atoms with Gasteiger partial charge in [-0.3, -0.25) is 9.69 Å². The average molecular weight is 351 g/mol. The van der Waals surface area contributed by atoms with Crippen molar-refractivity contribution in [3.8, 4) is 0 Å². The van der Waals surface area contributed by atoms with Crippen molar-refractivity contribution in [2.24, 2.45) is 0 Å². The van der Waals surface area contributed by atoms with Crippen LogP contribution >= 0.6 is 0 Å². The van der Waals surface area contributed by atoms with Gasteiger partial charge in [0.05, 0.1) is 12.2 Å². The molecule has 2 fully saturated rings. The van der Waals surface area contributed by atoms with Crippen LogP contribution in [0.15, 0.2) is 18.2 Å². The summed E-state index contributed by atoms with van der Waals surface area (Å²) in [5, 5.41) is 9.87. The minimum atomic E-state index is -0.959. The Kier molecular flexibility index (Phi) is 6.04. The van der Waals surface area contributed by atoms with E-state index in [0.717, 1.165) is 31.2 Å². The van der Waals surface area contributed by atoms with Gasteiger partial charge in [-0.15, -0.1) is 0 Å². The minimum absolute atomic E-state index is 0.0368. The molecule has 1 aromatic carbocycles. The zero-order chi connectivity index (χ0) is 17.8. The highest BCUT2D eigenvalue weighted by molar-refractivity contribution is 5.76. The summed E-state index contributed by atoms with van der Waals surface area (Å²) in [6, 6.07) is 3.57. The summed E-state index contributed by atoms with van der Waals surface area (Å²) in [6.45, 7) is 4.38. The summed E-state index contributed by atoms with van der Waals surface area (Å²) in [5.41, 5.74) is 1.31. The molecule has 6 heteroatoms. The highest BCUT2D eigenvalue weighted by Crippen LogP contribution is 2.36. The Balaban J connectivity index is 1.90. The Morgan fingerprint density at radius 1 is 1.44 bits per heavy atom. The van der Waals surface area contributed by atoms with Crippen molar-refractivity contribution in [2.75, 3.05) is 26.3 Å². The lowest BCUT2D eigenvalue weighted by Crippen LogP contribution is -2.34. The Labute approximate surface area is 147 Å². The topological polar surface area (TPSA) is 59.0 Å². The molecule has 0 spiro atoms. The van der Waals surface area contributed by atoms with Gasteiger partial charge in [0.25, 0.3) is 0 Å². The average Bonchev–Trinajstić information content (AvgIpc) is 3.04. The molecule has 3 atom stereocenters. The van der Waals surface area contributed by atoms with Gasteiger partial charge < -0.3 is 14.6 Å². The van der Waals surface area contributed by atoms with E-state index in [1.165, 1.54) is 12.1 Å². The van der Waals surface area contributed by atoms with E-state index < -0.39 is 17.8 Å². The highest BCUT2D eigenvalue weighted by atomic mass is 19.1. The van der Waals surface area contributed by atoms with Crippen LogP contribution in [0.2, 0.25) is 0 Å². The van der Waals surface area contributed by atoms with Gasteiger partial charge in [-0.2, -0.15) is 0 Å². The van der Waals surface area contributed by atoms with Crippen LogP contribution in [0.4, 0.5) is 4.39 Å². The number of ether oxygens (including phenoxy) is 2. The number of aliphatic carboxylic acids is 1. The van der Waals surface area contributed by atoms with Crippen molar-refractivity contribution in [2.45, 2.75) is 50.9 Å². The van der Waals surface area contributed by atoms with Crippen molar-refractivity contribution in [1.82, 2.24) is 4.90 Å². The second-order valence-electron chi connectivity index (χ2n) is 6.73. The number of likely N-dealkylation sites (tertiary alicyclic amines) is 1. The van der Waals surface area contributed by atoms with Gasteiger partial charge in [0.15, 0.2) is 0 Å². The molecule has 2 aliphatic rings. The van der Waals surface area contributed by atoms with E-state index >= 15 is 0 Å². The van der Waals surface area contributed by atoms with Gasteiger partial charge in [-0.25, -0.2) is 4.39 Å². The predicted molar refractivity (Wildman–Crippen MR) is 90.9 cm³/mol. The van der Waals surface area contributed by atoms with E-state index in [0.29, 0.717) is 31.9 Å². The predicted octanol–water partition coefficient (Wildman–Crippen LogP) is 3.30. The fourth-order valence-electron chi connectivity index (χ4n) is 3.91. The summed E-state index contributed by atoms with van der Waals surface area (Å²) in [4.78, 5) is 13.9. The standard InChI is InChI=1S/C19H26FNO4/c1-2-24-14-8-9-21(12-14)18(19(22)23)16-11-13(20)6-7-15(16)17-5-3-4-10-25-17/h6-7,11,14,17-18H,2-5,8-10,12H2,1H3,(H,22,23)/t14-,17?,18?/m1/s1. The zero-order valence-corrected chi connectivity index (χ0v) is 14.6. The fraction of sp³-hybridized carbons (Fsp3) is 0.632. The lowest BCUT2D eigenvalue weighted by Gasteiger charge is -2.30. The van der Waals surface area contributed by atoms with Gasteiger partial charge in [0, 0.05) is 26.3 Å². The fourth-order valence-corrected chi connectivity index (χ4v) is 3.91. The van der Waals surface area contributed by atoms with Crippen molar-refractivity contribution < 1.29 is 23.8 Å². The molecule has 138 valence electrons. The van der Waals surface area contributed by atoms with Gasteiger partial charge >= 0.3 is 5.97 Å². The normalized spacial score (nSPS) is 25.8. The molecular weight excluding hydrogens is 325 g/mol. The third-order valence-corrected chi connectivity index (χ3v) is 5.05. The van der Waals surface area contributed by atoms with E-state index in [1.807, 2.05) is 11.8 Å². The molecule has 5 nitrogen and oxygen atoms in total. The molecule has 2 aliphatic heterocycles. The number of carbonyl (C=O) groups is 1. The lowest BCUT2D eigenvalue weighted by atomic mass is 9.92. The van der Waals surface area contributed by atoms with E-state index in [4.69, 9.17) is 9.47 Å². The maximum atomic E-state index is 13.9. The second-order valence-corrected chi connectivity index (χ2v) is 6.73. The highest BCUT2D eigenvalue weighted by Gasteiger charge is 2.36. The summed E-state index contributed by atoms with van der Waals surface area (Å²) in [6.07, 6.45) is 3.56. The monoisotopic (exact) mass is 351 g/mol. The molecule has 0 aliphatic carbocycles. The van der Waals surface area contributed by atoms with Crippen LogP contribution < -0.4 is 0 Å². The van der Waals surface area contributed by atoms with E-state index in [9.17, 15) is 14.3 Å². The molecule has 0 radical (unpaired) electrons. The number of benzene rings is 1. The smallest absolute Gasteiger partial charge is 0.325 e. The van der Waals surface area contributed by atoms with Crippen LogP contribution in [0.25, 0.3) is 0 Å². The Morgan fingerprint density at radius 3 is 2.96 bits per heavy atom. The SMILES string of the molecule is CCO[C@@H]1CCN(C(C(=O)O)c2cc(F)ccc2C2CCCCO2)C1. The summed E-state index contributed by atoms with van der Waals surface area (Å²) < 4.78 is 25.4. The Hall–Kier alpha value is -1.50. The van der Waals surface area contributed by atoms with Crippen molar-refractivity contribution in [1.29, 1.82) is 0 Å². The molecular formula is C19H26FNO4. The molecule has 25 heavy (non-hydrogen) atoms. The number of carboxylic acids is 1. The third kappa shape index (κ3) is 4.19. The maximum Gasteiger partial charge on any atom is 0.325 e. The molecule has 1 N–H and O–H groups in total. The van der Waals surface area contributed by atoms with Crippen LogP contribution in [0.3, 0.4) is 0 Å². The summed E-state index contributed by atoms with van der Waals surface area (Å²) in [5.74, 6) is -1.37. The number of hydrogen-bond donors (Lipinski definition) is 1. The lowest BCUT2D eigenvalue weighted by molar-refractivity contribution is -0.143. The molecule has 1 aromatic rings. The van der Waals surface area contributed by atoms with E-state index in [1.54, 1.807) is 6.07 Å². The number of rotatable bonds is 6. The molecule has 0 bridgehead atoms. The van der Waals surface area contributed by atoms with E-state index in [2.05, 4.69) is 0 Å². The van der Waals surface area contributed by atoms with Gasteiger partial charge in [0.2, 0.25) is 0 Å². The van der Waals surface area contributed by atoms with E-state index in [-0.39, 0.29) is 12.2 Å². The first-order chi connectivity index (χ1) is 12.1. The Bertz CT molecular complexity index is 603. The second kappa shape index (κ2) is 8.25. The van der Waals surface area contributed by atoms with Crippen LogP contribution in [0.1, 0.15) is 55.9 Å². The van der Waals surface area contributed by atoms with Gasteiger partial charge in [-0.05, 0) is 55.9 Å². The first kappa shape index (κ1) is 18.3. The van der Waals surface area contributed by atoms with Crippen LogP contribution in [0.5, 0.6) is 0 Å². The van der Waals surface area contributed by atoms with Crippen molar-refractivity contribution in [3.05, 3.63) is 35.1 Å². The number of hydrogen-bond acceptors (Lipinski definition) is 4. The molecule has 2 heterocycles. The van der Waals surface area contributed by atoms with Gasteiger partial charge in [-0.1, -0.05) is 6.07 Å². The van der Waals surface area contributed by atoms with Gasteiger partial charge in [0.1, 0.15) is 11.9 Å². The molecule has 2 unspecified atom stereocenters. The molecule has 3 rings (SSSR count).